The number of rotatable bonds is 3. The maximum absolute atomic E-state index is 6.35. The van der Waals surface area contributed by atoms with Gasteiger partial charge < -0.3 is 15.0 Å². The highest BCUT2D eigenvalue weighted by atomic mass is 35.5. The van der Waals surface area contributed by atoms with Crippen molar-refractivity contribution in [3.8, 4) is 17.1 Å². The Morgan fingerprint density at radius 3 is 2.65 bits per heavy atom. The second-order valence-corrected chi connectivity index (χ2v) is 5.59. The molecule has 0 amide bonds. The van der Waals surface area contributed by atoms with Crippen LogP contribution in [0.15, 0.2) is 22.7 Å². The fourth-order valence-electron chi connectivity index (χ4n) is 2.94. The summed E-state index contributed by atoms with van der Waals surface area (Å²) in [6.45, 7) is 0. The van der Waals surface area contributed by atoms with E-state index >= 15 is 0 Å². The lowest BCUT2D eigenvalue weighted by Crippen LogP contribution is -1.98. The van der Waals surface area contributed by atoms with Crippen LogP contribution in [0.25, 0.3) is 11.3 Å². The number of nitrogens with two attached hydrogens (primary N) is 1. The van der Waals surface area contributed by atoms with Crippen LogP contribution in [0.3, 0.4) is 0 Å². The van der Waals surface area contributed by atoms with Gasteiger partial charge in [0.2, 0.25) is 0 Å². The number of halogens is 1. The monoisotopic (exact) mass is 292 g/mol. The number of aromatic nitrogens is 1. The topological polar surface area (TPSA) is 61.3 Å². The summed E-state index contributed by atoms with van der Waals surface area (Å²) >= 11 is 6.35. The lowest BCUT2D eigenvalue weighted by Gasteiger charge is -2.16. The lowest BCUT2D eigenvalue weighted by atomic mass is 9.94. The smallest absolute Gasteiger partial charge is 0.169 e. The largest absolute Gasteiger partial charge is 0.495 e. The van der Waals surface area contributed by atoms with Crippen molar-refractivity contribution < 1.29 is 9.26 Å². The zero-order valence-electron chi connectivity index (χ0n) is 11.4. The van der Waals surface area contributed by atoms with Crippen molar-refractivity contribution in [3.05, 3.63) is 28.8 Å². The minimum atomic E-state index is 0.370. The molecule has 1 heterocycles. The maximum atomic E-state index is 6.35. The van der Waals surface area contributed by atoms with Crippen LogP contribution in [0.2, 0.25) is 5.02 Å². The molecule has 1 aromatic heterocycles. The number of anilines is 1. The third kappa shape index (κ3) is 2.36. The van der Waals surface area contributed by atoms with Gasteiger partial charge in [0.05, 0.1) is 12.1 Å². The summed E-state index contributed by atoms with van der Waals surface area (Å²) in [5.41, 5.74) is 7.65. The van der Waals surface area contributed by atoms with Crippen molar-refractivity contribution in [1.29, 1.82) is 0 Å². The van der Waals surface area contributed by atoms with Gasteiger partial charge in [-0.05, 0) is 36.5 Å². The summed E-state index contributed by atoms with van der Waals surface area (Å²) in [7, 11) is 1.66. The Balaban J connectivity index is 2.08. The van der Waals surface area contributed by atoms with Gasteiger partial charge in [-0.25, -0.2) is 0 Å². The van der Waals surface area contributed by atoms with E-state index < -0.39 is 0 Å². The highest BCUT2D eigenvalue weighted by Gasteiger charge is 2.23. The zero-order chi connectivity index (χ0) is 14.1. The molecule has 1 fully saturated rings. The average molecular weight is 293 g/mol. The fraction of sp³-hybridized carbons (Fsp3) is 0.400. The lowest BCUT2D eigenvalue weighted by molar-refractivity contribution is 0.405. The molecule has 20 heavy (non-hydrogen) atoms. The Labute approximate surface area is 122 Å². The van der Waals surface area contributed by atoms with Crippen LogP contribution in [0, 0.1) is 0 Å². The molecule has 1 aliphatic carbocycles. The van der Waals surface area contributed by atoms with Crippen molar-refractivity contribution in [2.75, 3.05) is 12.8 Å². The first-order valence-electron chi connectivity index (χ1n) is 6.79. The number of hydrogen-bond donors (Lipinski definition) is 1. The molecular weight excluding hydrogens is 276 g/mol. The van der Waals surface area contributed by atoms with Gasteiger partial charge in [0.1, 0.15) is 5.75 Å². The second kappa shape index (κ2) is 5.37. The highest BCUT2D eigenvalue weighted by molar-refractivity contribution is 6.32. The molecule has 0 bridgehead atoms. The molecule has 0 radical (unpaired) electrons. The minimum absolute atomic E-state index is 0.370. The van der Waals surface area contributed by atoms with Crippen LogP contribution < -0.4 is 10.5 Å². The fourth-order valence-corrected chi connectivity index (χ4v) is 3.24. The normalized spacial score (nSPS) is 15.7. The summed E-state index contributed by atoms with van der Waals surface area (Å²) in [5.74, 6) is 2.28. The molecule has 2 N–H and O–H groups in total. The SMILES string of the molecule is COc1c(Cl)cc(-c2cc(N)no2)cc1C1CCCC1. The molecule has 1 aliphatic rings. The highest BCUT2D eigenvalue weighted by Crippen LogP contribution is 2.44. The van der Waals surface area contributed by atoms with E-state index in [-0.39, 0.29) is 0 Å². The molecule has 0 atom stereocenters. The Morgan fingerprint density at radius 2 is 2.05 bits per heavy atom. The Bertz CT molecular complexity index is 618. The second-order valence-electron chi connectivity index (χ2n) is 5.18. The summed E-state index contributed by atoms with van der Waals surface area (Å²) in [6.07, 6.45) is 4.86. The standard InChI is InChI=1S/C15H17ClN2O2/c1-19-15-11(9-4-2-3-5-9)6-10(7-12(15)16)13-8-14(17)18-20-13/h6-9H,2-5H2,1H3,(H2,17,18). The molecule has 5 heteroatoms. The first-order chi connectivity index (χ1) is 9.69. The molecule has 1 aromatic carbocycles. The third-order valence-corrected chi connectivity index (χ3v) is 4.17. The number of methoxy groups -OCH3 is 1. The molecule has 0 unspecified atom stereocenters. The molecule has 0 aliphatic heterocycles. The van der Waals surface area contributed by atoms with E-state index in [4.69, 9.17) is 26.6 Å². The summed E-state index contributed by atoms with van der Waals surface area (Å²) in [5, 5.41) is 4.32. The zero-order valence-corrected chi connectivity index (χ0v) is 12.1. The van der Waals surface area contributed by atoms with Crippen molar-refractivity contribution in [1.82, 2.24) is 5.16 Å². The molecular formula is C15H17ClN2O2. The summed E-state index contributed by atoms with van der Waals surface area (Å²) < 4.78 is 10.7. The van der Waals surface area contributed by atoms with Gasteiger partial charge in [-0.15, -0.1) is 0 Å². The van der Waals surface area contributed by atoms with E-state index in [0.29, 0.717) is 22.5 Å². The molecule has 3 rings (SSSR count). The minimum Gasteiger partial charge on any atom is -0.495 e. The summed E-state index contributed by atoms with van der Waals surface area (Å²) in [4.78, 5) is 0. The van der Waals surface area contributed by atoms with Gasteiger partial charge in [-0.1, -0.05) is 29.6 Å². The van der Waals surface area contributed by atoms with E-state index in [0.717, 1.165) is 16.9 Å². The third-order valence-electron chi connectivity index (χ3n) is 3.88. The quantitative estimate of drug-likeness (QED) is 0.919. The van der Waals surface area contributed by atoms with E-state index in [2.05, 4.69) is 11.2 Å². The first-order valence-corrected chi connectivity index (χ1v) is 7.17. The van der Waals surface area contributed by atoms with Gasteiger partial charge in [0, 0.05) is 11.6 Å². The molecule has 4 nitrogen and oxygen atoms in total. The molecule has 0 spiro atoms. The van der Waals surface area contributed by atoms with Gasteiger partial charge in [-0.3, -0.25) is 0 Å². The van der Waals surface area contributed by atoms with Gasteiger partial charge in [0.15, 0.2) is 11.6 Å². The number of benzene rings is 1. The van der Waals surface area contributed by atoms with Gasteiger partial charge >= 0.3 is 0 Å². The Morgan fingerprint density at radius 1 is 1.30 bits per heavy atom. The summed E-state index contributed by atoms with van der Waals surface area (Å²) in [6, 6.07) is 5.62. The van der Waals surface area contributed by atoms with Crippen molar-refractivity contribution in [2.45, 2.75) is 31.6 Å². The van der Waals surface area contributed by atoms with Crippen LogP contribution in [0.4, 0.5) is 5.82 Å². The Kier molecular flexibility index (Phi) is 3.57. The van der Waals surface area contributed by atoms with E-state index in [1.807, 2.05) is 6.07 Å². The van der Waals surface area contributed by atoms with Crippen molar-refractivity contribution in [2.24, 2.45) is 0 Å². The first kappa shape index (κ1) is 13.3. The van der Waals surface area contributed by atoms with Crippen molar-refractivity contribution in [3.63, 3.8) is 0 Å². The van der Waals surface area contributed by atoms with Crippen molar-refractivity contribution >= 4 is 17.4 Å². The van der Waals surface area contributed by atoms with Gasteiger partial charge in [0.25, 0.3) is 0 Å². The number of nitrogen functional groups attached to an aromatic ring is 1. The number of hydrogen-bond acceptors (Lipinski definition) is 4. The predicted octanol–water partition coefficient (Wildman–Crippen LogP) is 4.24. The van der Waals surface area contributed by atoms with Crippen LogP contribution in [-0.2, 0) is 0 Å². The molecule has 106 valence electrons. The van der Waals surface area contributed by atoms with Crippen LogP contribution in [0.5, 0.6) is 5.75 Å². The van der Waals surface area contributed by atoms with Crippen LogP contribution >= 0.6 is 11.6 Å². The molecule has 0 saturated heterocycles. The van der Waals surface area contributed by atoms with Crippen LogP contribution in [0.1, 0.15) is 37.2 Å². The average Bonchev–Trinajstić information content (AvgIpc) is 3.08. The number of ether oxygens (including phenoxy) is 1. The van der Waals surface area contributed by atoms with Gasteiger partial charge in [-0.2, -0.15) is 0 Å². The number of nitrogens with zero attached hydrogens (tertiary/aromatic N) is 1. The van der Waals surface area contributed by atoms with E-state index in [1.165, 1.54) is 25.7 Å². The predicted molar refractivity (Wildman–Crippen MR) is 79.1 cm³/mol. The molecule has 2 aromatic rings. The van der Waals surface area contributed by atoms with Crippen LogP contribution in [-0.4, -0.2) is 12.3 Å². The van der Waals surface area contributed by atoms with E-state index in [1.54, 1.807) is 13.2 Å². The Hall–Kier alpha value is -1.68. The maximum Gasteiger partial charge on any atom is 0.169 e. The molecule has 1 saturated carbocycles. The van der Waals surface area contributed by atoms with E-state index in [9.17, 15) is 0 Å².